The number of hydrogen-bond acceptors (Lipinski definition) is 2. The van der Waals surface area contributed by atoms with Gasteiger partial charge in [-0.15, -0.1) is 0 Å². The van der Waals surface area contributed by atoms with Crippen LogP contribution in [-0.2, 0) is 11.0 Å². The van der Waals surface area contributed by atoms with Crippen molar-refractivity contribution in [3.8, 4) is 0 Å². The minimum absolute atomic E-state index is 0.0337. The fourth-order valence-corrected chi connectivity index (χ4v) is 1.68. The molecular formula is C9H11ClF3N2O2+. The Morgan fingerprint density at radius 2 is 2.12 bits per heavy atom. The lowest BCUT2D eigenvalue weighted by molar-refractivity contribution is -0.144. The van der Waals surface area contributed by atoms with Gasteiger partial charge in [-0.25, -0.2) is 4.68 Å². The van der Waals surface area contributed by atoms with E-state index in [-0.39, 0.29) is 12.1 Å². The molecule has 8 heteroatoms. The third-order valence-electron chi connectivity index (χ3n) is 2.33. The van der Waals surface area contributed by atoms with Gasteiger partial charge in [0.15, 0.2) is 5.69 Å². The summed E-state index contributed by atoms with van der Waals surface area (Å²) in [5.41, 5.74) is -1.19. The molecule has 1 aromatic heterocycles. The van der Waals surface area contributed by atoms with E-state index in [1.807, 2.05) is 0 Å². The number of aromatic nitrogens is 2. The van der Waals surface area contributed by atoms with Crippen molar-refractivity contribution in [3.63, 3.8) is 0 Å². The van der Waals surface area contributed by atoms with Crippen LogP contribution >= 0.6 is 11.6 Å². The van der Waals surface area contributed by atoms with Crippen LogP contribution in [0.2, 0.25) is 5.02 Å². The summed E-state index contributed by atoms with van der Waals surface area (Å²) < 4.78 is 38.4. The highest BCUT2D eigenvalue weighted by atomic mass is 35.5. The van der Waals surface area contributed by atoms with Crippen molar-refractivity contribution in [2.45, 2.75) is 32.5 Å². The Bertz CT molecular complexity index is 442. The predicted molar refractivity (Wildman–Crippen MR) is 54.9 cm³/mol. The second kappa shape index (κ2) is 4.56. The number of carbonyl (C=O) groups is 1. The Labute approximate surface area is 100.0 Å². The van der Waals surface area contributed by atoms with Gasteiger partial charge in [-0.3, -0.25) is 0 Å². The first kappa shape index (κ1) is 13.8. The largest absolute Gasteiger partial charge is 0.563 e. The van der Waals surface area contributed by atoms with Gasteiger partial charge in [-0.05, 0) is 13.3 Å². The Hall–Kier alpha value is -1.24. The molecule has 0 spiro atoms. The van der Waals surface area contributed by atoms with E-state index in [9.17, 15) is 18.0 Å². The Balaban J connectivity index is 3.33. The molecule has 4 nitrogen and oxygen atoms in total. The van der Waals surface area contributed by atoms with E-state index in [2.05, 4.69) is 5.10 Å². The number of alkyl halides is 3. The molecule has 0 bridgehead atoms. The SMILES string of the molecule is CCC(C(=O)[OH2+])n1nc(C(F)(F)F)c(Cl)c1C. The lowest BCUT2D eigenvalue weighted by Gasteiger charge is -2.08. The first-order chi connectivity index (χ1) is 7.70. The van der Waals surface area contributed by atoms with E-state index in [4.69, 9.17) is 16.7 Å². The number of nitrogens with zero attached hydrogens (tertiary/aromatic N) is 2. The molecule has 1 atom stereocenters. The van der Waals surface area contributed by atoms with Gasteiger partial charge in [-0.2, -0.15) is 18.3 Å². The molecule has 1 rings (SSSR count). The van der Waals surface area contributed by atoms with Gasteiger partial charge >= 0.3 is 12.1 Å². The smallest absolute Gasteiger partial charge is 0.540 e. The summed E-state index contributed by atoms with van der Waals surface area (Å²) in [7, 11) is 0. The first-order valence-corrected chi connectivity index (χ1v) is 5.15. The summed E-state index contributed by atoms with van der Waals surface area (Å²) in [6.07, 6.45) is -4.49. The molecular weight excluding hydrogens is 261 g/mol. The van der Waals surface area contributed by atoms with Crippen molar-refractivity contribution in [1.29, 1.82) is 0 Å². The molecule has 0 aromatic carbocycles. The summed E-state index contributed by atoms with van der Waals surface area (Å²) in [6, 6.07) is -1.04. The first-order valence-electron chi connectivity index (χ1n) is 4.77. The van der Waals surface area contributed by atoms with Gasteiger partial charge in [-0.1, -0.05) is 18.5 Å². The quantitative estimate of drug-likeness (QED) is 0.790. The van der Waals surface area contributed by atoms with Crippen LogP contribution in [0.3, 0.4) is 0 Å². The zero-order valence-corrected chi connectivity index (χ0v) is 9.85. The average molecular weight is 272 g/mol. The normalized spacial score (nSPS) is 13.8. The molecule has 0 amide bonds. The molecule has 0 aliphatic carbocycles. The van der Waals surface area contributed by atoms with Gasteiger partial charge < -0.3 is 5.11 Å². The third-order valence-corrected chi connectivity index (χ3v) is 2.78. The summed E-state index contributed by atoms with van der Waals surface area (Å²) in [5, 5.41) is 9.74. The molecule has 0 radical (unpaired) electrons. The van der Waals surface area contributed by atoms with Crippen molar-refractivity contribution in [2.75, 3.05) is 0 Å². The Kier molecular flexibility index (Phi) is 3.71. The summed E-state index contributed by atoms with van der Waals surface area (Å²) in [5.74, 6) is -0.997. The summed E-state index contributed by atoms with van der Waals surface area (Å²) in [6.45, 7) is 2.91. The Morgan fingerprint density at radius 3 is 2.41 bits per heavy atom. The molecule has 96 valence electrons. The van der Waals surface area contributed by atoms with Crippen molar-refractivity contribution in [3.05, 3.63) is 16.4 Å². The molecule has 0 fully saturated rings. The zero-order chi connectivity index (χ0) is 13.4. The molecule has 0 saturated carbocycles. The van der Waals surface area contributed by atoms with Crippen molar-refractivity contribution >= 4 is 17.6 Å². The van der Waals surface area contributed by atoms with Crippen molar-refractivity contribution < 1.29 is 23.1 Å². The number of halogens is 4. The van der Waals surface area contributed by atoms with Crippen LogP contribution in [0, 0.1) is 6.92 Å². The maximum atomic E-state index is 12.5. The highest BCUT2D eigenvalue weighted by molar-refractivity contribution is 6.32. The molecule has 1 heterocycles. The van der Waals surface area contributed by atoms with E-state index in [0.717, 1.165) is 4.68 Å². The molecule has 17 heavy (non-hydrogen) atoms. The molecule has 0 aliphatic heterocycles. The molecule has 0 aliphatic rings. The average Bonchev–Trinajstić information content (AvgIpc) is 2.46. The monoisotopic (exact) mass is 271 g/mol. The highest BCUT2D eigenvalue weighted by Gasteiger charge is 2.40. The molecule has 2 N–H and O–H groups in total. The van der Waals surface area contributed by atoms with Crippen LogP contribution in [0.25, 0.3) is 0 Å². The topological polar surface area (TPSA) is 57.8 Å². The second-order valence-electron chi connectivity index (χ2n) is 3.48. The van der Waals surface area contributed by atoms with E-state index in [1.165, 1.54) is 6.92 Å². The van der Waals surface area contributed by atoms with Gasteiger partial charge in [0.25, 0.3) is 0 Å². The maximum Gasteiger partial charge on any atom is 0.540 e. The minimum Gasteiger partial charge on any atom is -0.563 e. The van der Waals surface area contributed by atoms with E-state index >= 15 is 0 Å². The van der Waals surface area contributed by atoms with Crippen LogP contribution in [0.1, 0.15) is 30.8 Å². The fraction of sp³-hybridized carbons (Fsp3) is 0.556. The highest BCUT2D eigenvalue weighted by Crippen LogP contribution is 2.36. The number of rotatable bonds is 3. The van der Waals surface area contributed by atoms with Crippen molar-refractivity contribution in [1.82, 2.24) is 9.78 Å². The van der Waals surface area contributed by atoms with Crippen LogP contribution in [-0.4, -0.2) is 20.9 Å². The van der Waals surface area contributed by atoms with Crippen LogP contribution in [0.5, 0.6) is 0 Å². The summed E-state index contributed by atoms with van der Waals surface area (Å²) in [4.78, 5) is 11.0. The fourth-order valence-electron chi connectivity index (χ4n) is 1.45. The van der Waals surface area contributed by atoms with Crippen LogP contribution < -0.4 is 0 Å². The lowest BCUT2D eigenvalue weighted by Crippen LogP contribution is -2.21. The van der Waals surface area contributed by atoms with Gasteiger partial charge in [0.1, 0.15) is 0 Å². The number of carbonyl (C=O) groups excluding carboxylic acids is 1. The standard InChI is InChI=1S/C9H10ClF3N2O2/c1-3-5(8(16)17)15-4(2)6(10)7(14-15)9(11,12)13/h5H,3H2,1-2H3,(H,16,17)/p+1. The predicted octanol–water partition coefficient (Wildman–Crippen LogP) is 2.07. The van der Waals surface area contributed by atoms with E-state index < -0.39 is 28.9 Å². The van der Waals surface area contributed by atoms with Gasteiger partial charge in [0, 0.05) is 4.79 Å². The molecule has 1 aromatic rings. The number of hydrogen-bond donors (Lipinski definition) is 0. The molecule has 0 saturated heterocycles. The lowest BCUT2D eigenvalue weighted by atomic mass is 10.2. The van der Waals surface area contributed by atoms with Crippen molar-refractivity contribution in [2.24, 2.45) is 0 Å². The third kappa shape index (κ3) is 2.54. The minimum atomic E-state index is -4.67. The zero-order valence-electron chi connectivity index (χ0n) is 9.10. The van der Waals surface area contributed by atoms with Crippen LogP contribution in [0.15, 0.2) is 0 Å². The summed E-state index contributed by atoms with van der Waals surface area (Å²) >= 11 is 5.53. The second-order valence-corrected chi connectivity index (χ2v) is 3.86. The maximum absolute atomic E-state index is 12.5. The van der Waals surface area contributed by atoms with Gasteiger partial charge in [0.2, 0.25) is 6.04 Å². The van der Waals surface area contributed by atoms with Gasteiger partial charge in [0.05, 0.1) is 10.7 Å². The molecule has 1 unspecified atom stereocenters. The van der Waals surface area contributed by atoms with E-state index in [1.54, 1.807) is 6.92 Å². The van der Waals surface area contributed by atoms with E-state index in [0.29, 0.717) is 0 Å². The van der Waals surface area contributed by atoms with Crippen LogP contribution in [0.4, 0.5) is 13.2 Å². The Morgan fingerprint density at radius 1 is 1.59 bits per heavy atom.